The van der Waals surface area contributed by atoms with Crippen LogP contribution in [0.5, 0.6) is 17.2 Å². The Hall–Kier alpha value is -3.56. The summed E-state index contributed by atoms with van der Waals surface area (Å²) < 4.78 is 19.9. The number of ether oxygens (including phenoxy) is 3. The third-order valence-electron chi connectivity index (χ3n) is 7.67. The maximum absolute atomic E-state index is 12.3. The topological polar surface area (TPSA) is 89.3 Å². The molecule has 3 aromatic rings. The number of carbonyl (C=O) groups excluding carboxylic acids is 1. The highest BCUT2D eigenvalue weighted by molar-refractivity contribution is 5.73. The van der Waals surface area contributed by atoms with Gasteiger partial charge in [-0.05, 0) is 61.2 Å². The first-order valence-corrected chi connectivity index (χ1v) is 14.4. The molecule has 1 saturated heterocycles. The molecule has 0 radical (unpaired) electrons. The van der Waals surface area contributed by atoms with Gasteiger partial charge in [-0.3, -0.25) is 9.69 Å². The molecule has 9 nitrogen and oxygen atoms in total. The van der Waals surface area contributed by atoms with E-state index in [1.165, 1.54) is 5.56 Å². The highest BCUT2D eigenvalue weighted by Gasteiger charge is 2.37. The molecule has 1 N–H and O–H groups in total. The average Bonchev–Trinajstić information content (AvgIpc) is 3.34. The van der Waals surface area contributed by atoms with Crippen LogP contribution >= 0.6 is 0 Å². The molecule has 4 rings (SSSR count). The van der Waals surface area contributed by atoms with Crippen LogP contribution in [0.1, 0.15) is 42.8 Å². The number of hydrogen-bond donors (Lipinski definition) is 1. The Kier molecular flexibility index (Phi) is 10.3. The van der Waals surface area contributed by atoms with E-state index in [0.717, 1.165) is 36.3 Å². The molecule has 2 heterocycles. The molecule has 1 aliphatic heterocycles. The van der Waals surface area contributed by atoms with Crippen LogP contribution in [0.3, 0.4) is 0 Å². The maximum Gasteiger partial charge on any atom is 0.219 e. The van der Waals surface area contributed by atoms with Crippen molar-refractivity contribution < 1.29 is 24.1 Å². The van der Waals surface area contributed by atoms with Crippen LogP contribution in [-0.4, -0.2) is 82.5 Å². The average molecular weight is 565 g/mol. The minimum atomic E-state index is -1.22. The van der Waals surface area contributed by atoms with Gasteiger partial charge in [0.05, 0.1) is 20.3 Å². The summed E-state index contributed by atoms with van der Waals surface area (Å²) in [5, 5.41) is 11.7. The summed E-state index contributed by atoms with van der Waals surface area (Å²) in [5.41, 5.74) is 2.13. The van der Waals surface area contributed by atoms with Crippen molar-refractivity contribution in [2.24, 2.45) is 0 Å². The molecule has 0 saturated carbocycles. The summed E-state index contributed by atoms with van der Waals surface area (Å²) in [7, 11) is 1.64. The molecule has 222 valence electrons. The number of methoxy groups -OCH3 is 1. The molecule has 1 atom stereocenters. The fraction of sp³-hybridized carbons (Fsp3) is 0.500. The Labute approximate surface area is 243 Å². The number of aryl methyl sites for hydroxylation is 4. The lowest BCUT2D eigenvalue weighted by Crippen LogP contribution is -2.51. The quantitative estimate of drug-likeness (QED) is 0.333. The highest BCUT2D eigenvalue weighted by atomic mass is 16.5. The molecular formula is C32H44N4O5. The van der Waals surface area contributed by atoms with Crippen molar-refractivity contribution in [2.75, 3.05) is 46.5 Å². The molecule has 9 heteroatoms. The number of rotatable bonds is 12. The summed E-state index contributed by atoms with van der Waals surface area (Å²) in [6.07, 6.45) is 5.58. The van der Waals surface area contributed by atoms with Crippen molar-refractivity contribution in [1.29, 1.82) is 0 Å². The van der Waals surface area contributed by atoms with Crippen LogP contribution in [0, 0.1) is 13.8 Å². The summed E-state index contributed by atoms with van der Waals surface area (Å²) >= 11 is 0. The molecular weight excluding hydrogens is 520 g/mol. The van der Waals surface area contributed by atoms with Gasteiger partial charge in [0.1, 0.15) is 23.8 Å². The van der Waals surface area contributed by atoms with Crippen molar-refractivity contribution in [3.63, 3.8) is 0 Å². The van der Waals surface area contributed by atoms with Gasteiger partial charge < -0.3 is 28.8 Å². The van der Waals surface area contributed by atoms with Gasteiger partial charge in [0.25, 0.3) is 0 Å². The highest BCUT2D eigenvalue weighted by Crippen LogP contribution is 2.29. The maximum atomic E-state index is 12.3. The summed E-state index contributed by atoms with van der Waals surface area (Å²) in [4.78, 5) is 20.6. The third kappa shape index (κ3) is 8.24. The first kappa shape index (κ1) is 30.4. The van der Waals surface area contributed by atoms with E-state index >= 15 is 0 Å². The van der Waals surface area contributed by atoms with Crippen molar-refractivity contribution in [1.82, 2.24) is 19.4 Å². The SMILES string of the molecule is CCc1nccn1CCCOc1cc(CN2CCN(C(C)=O)CC(O)(COc3ccc(C)c(C)c3)C2)ccc1OC. The largest absolute Gasteiger partial charge is 0.493 e. The van der Waals surface area contributed by atoms with Crippen LogP contribution in [-0.2, 0) is 24.3 Å². The minimum absolute atomic E-state index is 0.0571. The standard InChI is InChI=1S/C32H44N4O5/c1-6-31-33-12-14-35(31)13-7-17-40-30-19-27(9-11-29(30)39-5)20-34-15-16-36(26(4)37)22-32(38,21-34)23-41-28-10-8-24(2)25(3)18-28/h8-12,14,18-19,38H,6-7,13,15-17,20-23H2,1-5H3. The van der Waals surface area contributed by atoms with Crippen molar-refractivity contribution in [3.8, 4) is 17.2 Å². The van der Waals surface area contributed by atoms with Gasteiger partial charge in [0.2, 0.25) is 5.91 Å². The van der Waals surface area contributed by atoms with E-state index in [4.69, 9.17) is 14.2 Å². The van der Waals surface area contributed by atoms with E-state index in [1.807, 2.05) is 55.7 Å². The van der Waals surface area contributed by atoms with E-state index in [0.29, 0.717) is 50.0 Å². The third-order valence-corrected chi connectivity index (χ3v) is 7.67. The molecule has 0 spiro atoms. The van der Waals surface area contributed by atoms with Gasteiger partial charge in [-0.1, -0.05) is 19.1 Å². The Morgan fingerprint density at radius 1 is 1.05 bits per heavy atom. The van der Waals surface area contributed by atoms with Gasteiger partial charge in [-0.2, -0.15) is 0 Å². The van der Waals surface area contributed by atoms with Crippen molar-refractivity contribution in [3.05, 3.63) is 71.3 Å². The fourth-order valence-electron chi connectivity index (χ4n) is 5.22. The normalized spacial score (nSPS) is 17.8. The van der Waals surface area contributed by atoms with Crippen LogP contribution in [0.25, 0.3) is 0 Å². The van der Waals surface area contributed by atoms with Crippen LogP contribution < -0.4 is 14.2 Å². The van der Waals surface area contributed by atoms with Gasteiger partial charge in [0.15, 0.2) is 11.5 Å². The number of hydrogen-bond acceptors (Lipinski definition) is 7. The number of amides is 1. The first-order valence-electron chi connectivity index (χ1n) is 14.4. The van der Waals surface area contributed by atoms with E-state index in [9.17, 15) is 9.90 Å². The predicted octanol–water partition coefficient (Wildman–Crippen LogP) is 4.01. The second-order valence-electron chi connectivity index (χ2n) is 11.0. The minimum Gasteiger partial charge on any atom is -0.493 e. The Balaban J connectivity index is 1.41. The number of aliphatic hydroxyl groups is 1. The lowest BCUT2D eigenvalue weighted by molar-refractivity contribution is -0.132. The second-order valence-corrected chi connectivity index (χ2v) is 11.0. The molecule has 2 aromatic carbocycles. The fourth-order valence-corrected chi connectivity index (χ4v) is 5.22. The zero-order chi connectivity index (χ0) is 29.4. The molecule has 0 aliphatic carbocycles. The zero-order valence-corrected chi connectivity index (χ0v) is 25.1. The van der Waals surface area contributed by atoms with E-state index in [-0.39, 0.29) is 19.1 Å². The predicted molar refractivity (Wildman–Crippen MR) is 159 cm³/mol. The smallest absolute Gasteiger partial charge is 0.219 e. The van der Waals surface area contributed by atoms with Crippen LogP contribution in [0.4, 0.5) is 0 Å². The number of nitrogens with zero attached hydrogens (tertiary/aromatic N) is 4. The van der Waals surface area contributed by atoms with Crippen LogP contribution in [0.2, 0.25) is 0 Å². The van der Waals surface area contributed by atoms with Gasteiger partial charge in [0, 0.05) is 58.5 Å². The number of β-amino-alcohol motifs (C(OH)–C–C–N with tert-alkyl or cyclic N) is 1. The Morgan fingerprint density at radius 2 is 1.88 bits per heavy atom. The molecule has 1 unspecified atom stereocenters. The van der Waals surface area contributed by atoms with E-state index in [2.05, 4.69) is 28.3 Å². The molecule has 41 heavy (non-hydrogen) atoms. The summed E-state index contributed by atoms with van der Waals surface area (Å²) in [6, 6.07) is 11.9. The molecule has 1 fully saturated rings. The molecule has 1 aliphatic rings. The number of imidazole rings is 1. The van der Waals surface area contributed by atoms with Crippen molar-refractivity contribution >= 4 is 5.91 Å². The van der Waals surface area contributed by atoms with Gasteiger partial charge in [-0.25, -0.2) is 4.98 Å². The zero-order valence-electron chi connectivity index (χ0n) is 25.1. The van der Waals surface area contributed by atoms with Crippen LogP contribution in [0.15, 0.2) is 48.8 Å². The molecule has 1 amide bonds. The van der Waals surface area contributed by atoms with Crippen molar-refractivity contribution in [2.45, 2.75) is 59.2 Å². The monoisotopic (exact) mass is 564 g/mol. The first-order chi connectivity index (χ1) is 19.7. The second kappa shape index (κ2) is 13.9. The summed E-state index contributed by atoms with van der Waals surface area (Å²) in [6.45, 7) is 11.6. The number of aromatic nitrogens is 2. The number of carbonyl (C=O) groups is 1. The Morgan fingerprint density at radius 3 is 2.61 bits per heavy atom. The lowest BCUT2D eigenvalue weighted by Gasteiger charge is -2.33. The molecule has 0 bridgehead atoms. The lowest BCUT2D eigenvalue weighted by atomic mass is 10.0. The Bertz CT molecular complexity index is 1310. The van der Waals surface area contributed by atoms with Gasteiger partial charge >= 0.3 is 0 Å². The van der Waals surface area contributed by atoms with E-state index < -0.39 is 5.60 Å². The van der Waals surface area contributed by atoms with E-state index in [1.54, 1.807) is 18.9 Å². The number of benzene rings is 2. The van der Waals surface area contributed by atoms with Gasteiger partial charge in [-0.15, -0.1) is 0 Å². The molecule has 1 aromatic heterocycles. The summed E-state index contributed by atoms with van der Waals surface area (Å²) in [5.74, 6) is 3.10.